The molecule has 1 N–H and O–H groups in total. The van der Waals surface area contributed by atoms with Gasteiger partial charge in [0.25, 0.3) is 5.91 Å². The first-order valence-electron chi connectivity index (χ1n) is 9.82. The highest BCUT2D eigenvalue weighted by molar-refractivity contribution is 7.12. The van der Waals surface area contributed by atoms with Crippen LogP contribution in [-0.4, -0.2) is 37.1 Å². The number of carbonyl (C=O) groups is 1. The van der Waals surface area contributed by atoms with Crippen molar-refractivity contribution in [3.8, 4) is 5.75 Å². The van der Waals surface area contributed by atoms with E-state index in [9.17, 15) is 4.79 Å². The number of nitrogens with one attached hydrogen (secondary N) is 1. The van der Waals surface area contributed by atoms with E-state index in [0.29, 0.717) is 22.3 Å². The predicted molar refractivity (Wildman–Crippen MR) is 121 cm³/mol. The minimum absolute atomic E-state index is 0.118. The molecular formula is C23H23ClN2O3S. The number of thiophene rings is 1. The van der Waals surface area contributed by atoms with Crippen LogP contribution >= 0.6 is 22.9 Å². The summed E-state index contributed by atoms with van der Waals surface area (Å²) in [5, 5.41) is 5.50. The predicted octanol–water partition coefficient (Wildman–Crippen LogP) is 5.07. The number of carbonyl (C=O) groups excluding carboxylic acids is 1. The number of nitrogens with zero attached hydrogens (tertiary/aromatic N) is 1. The Bertz CT molecular complexity index is 1000. The monoisotopic (exact) mass is 442 g/mol. The fraction of sp³-hybridized carbons (Fsp3) is 0.261. The molecule has 1 aromatic heterocycles. The number of para-hydroxylation sites is 1. The van der Waals surface area contributed by atoms with E-state index in [-0.39, 0.29) is 5.91 Å². The molecular weight excluding hydrogens is 420 g/mol. The second kappa shape index (κ2) is 10.1. The van der Waals surface area contributed by atoms with Crippen LogP contribution in [0.4, 0.5) is 5.69 Å². The maximum Gasteiger partial charge on any atom is 0.265 e. The standard InChI is InChI=1S/C23H23ClN2O3S/c24-20-6-1-2-7-21(20)29-15-18-13-22(30-16-18)23(27)25-19-5-3-4-17(12-19)14-26-8-10-28-11-9-26/h1-7,12-13,16H,8-11,14-15H2,(H,25,27). The van der Waals surface area contributed by atoms with Crippen LogP contribution in [0.15, 0.2) is 60.0 Å². The van der Waals surface area contributed by atoms with Gasteiger partial charge in [0.05, 0.1) is 23.1 Å². The van der Waals surface area contributed by atoms with Crippen molar-refractivity contribution in [2.45, 2.75) is 13.2 Å². The first-order chi connectivity index (χ1) is 14.7. The summed E-state index contributed by atoms with van der Waals surface area (Å²) >= 11 is 7.52. The van der Waals surface area contributed by atoms with Crippen LogP contribution in [0.1, 0.15) is 20.8 Å². The molecule has 0 aliphatic carbocycles. The average molecular weight is 443 g/mol. The summed E-state index contributed by atoms with van der Waals surface area (Å²) in [4.78, 5) is 15.7. The van der Waals surface area contributed by atoms with Gasteiger partial charge in [-0.1, -0.05) is 35.9 Å². The van der Waals surface area contributed by atoms with E-state index >= 15 is 0 Å². The zero-order chi connectivity index (χ0) is 20.8. The maximum absolute atomic E-state index is 12.7. The maximum atomic E-state index is 12.7. The van der Waals surface area contributed by atoms with Gasteiger partial charge in [-0.05, 0) is 41.3 Å². The molecule has 1 fully saturated rings. The zero-order valence-electron chi connectivity index (χ0n) is 16.5. The van der Waals surface area contributed by atoms with Gasteiger partial charge in [-0.2, -0.15) is 0 Å². The number of morpholine rings is 1. The fourth-order valence-electron chi connectivity index (χ4n) is 3.25. The van der Waals surface area contributed by atoms with Gasteiger partial charge in [-0.15, -0.1) is 11.3 Å². The molecule has 0 spiro atoms. The van der Waals surface area contributed by atoms with Crippen molar-refractivity contribution in [3.63, 3.8) is 0 Å². The topological polar surface area (TPSA) is 50.8 Å². The van der Waals surface area contributed by atoms with Gasteiger partial charge in [0, 0.05) is 30.9 Å². The number of amides is 1. The second-order valence-corrected chi connectivity index (χ2v) is 8.40. The average Bonchev–Trinajstić information content (AvgIpc) is 3.23. The van der Waals surface area contributed by atoms with Crippen molar-refractivity contribution in [1.82, 2.24) is 4.90 Å². The van der Waals surface area contributed by atoms with Gasteiger partial charge >= 0.3 is 0 Å². The van der Waals surface area contributed by atoms with E-state index in [1.54, 1.807) is 6.07 Å². The first kappa shape index (κ1) is 20.9. The number of anilines is 1. The summed E-state index contributed by atoms with van der Waals surface area (Å²) in [5.74, 6) is 0.515. The van der Waals surface area contributed by atoms with Crippen LogP contribution in [0.5, 0.6) is 5.75 Å². The molecule has 0 saturated carbocycles. The number of hydrogen-bond acceptors (Lipinski definition) is 5. The molecule has 30 heavy (non-hydrogen) atoms. The molecule has 1 aliphatic heterocycles. The van der Waals surface area contributed by atoms with Crippen LogP contribution < -0.4 is 10.1 Å². The lowest BCUT2D eigenvalue weighted by Gasteiger charge is -2.26. The summed E-state index contributed by atoms with van der Waals surface area (Å²) in [7, 11) is 0. The smallest absolute Gasteiger partial charge is 0.265 e. The summed E-state index contributed by atoms with van der Waals surface area (Å²) in [6, 6.07) is 17.2. The van der Waals surface area contributed by atoms with Crippen molar-refractivity contribution in [2.24, 2.45) is 0 Å². The molecule has 0 radical (unpaired) electrons. The van der Waals surface area contributed by atoms with Crippen molar-refractivity contribution >= 4 is 34.5 Å². The minimum Gasteiger partial charge on any atom is -0.487 e. The normalized spacial score (nSPS) is 14.4. The fourth-order valence-corrected chi connectivity index (χ4v) is 4.23. The highest BCUT2D eigenvalue weighted by atomic mass is 35.5. The van der Waals surface area contributed by atoms with E-state index in [2.05, 4.69) is 16.3 Å². The van der Waals surface area contributed by atoms with E-state index in [1.165, 1.54) is 16.9 Å². The van der Waals surface area contributed by atoms with Crippen molar-refractivity contribution in [2.75, 3.05) is 31.6 Å². The second-order valence-electron chi connectivity index (χ2n) is 7.08. The molecule has 5 nitrogen and oxygen atoms in total. The largest absolute Gasteiger partial charge is 0.487 e. The van der Waals surface area contributed by atoms with E-state index < -0.39 is 0 Å². The van der Waals surface area contributed by atoms with Crippen LogP contribution in [0, 0.1) is 0 Å². The molecule has 2 heterocycles. The number of halogens is 1. The molecule has 1 aliphatic rings. The van der Waals surface area contributed by atoms with E-state index in [4.69, 9.17) is 21.1 Å². The third kappa shape index (κ3) is 5.61. The molecule has 156 valence electrons. The van der Waals surface area contributed by atoms with Crippen molar-refractivity contribution in [1.29, 1.82) is 0 Å². The van der Waals surface area contributed by atoms with Gasteiger partial charge in [0.2, 0.25) is 0 Å². The highest BCUT2D eigenvalue weighted by Crippen LogP contribution is 2.25. The Kier molecular flexibility index (Phi) is 7.02. The molecule has 0 unspecified atom stereocenters. The number of ether oxygens (including phenoxy) is 2. The Morgan fingerprint density at radius 1 is 1.10 bits per heavy atom. The van der Waals surface area contributed by atoms with Crippen molar-refractivity contribution in [3.05, 3.63) is 81.0 Å². The van der Waals surface area contributed by atoms with Gasteiger partial charge < -0.3 is 14.8 Å². The lowest BCUT2D eigenvalue weighted by atomic mass is 10.2. The first-order valence-corrected chi connectivity index (χ1v) is 11.1. The molecule has 0 bridgehead atoms. The Labute approximate surface area is 185 Å². The highest BCUT2D eigenvalue weighted by Gasteiger charge is 2.13. The number of hydrogen-bond donors (Lipinski definition) is 1. The lowest BCUT2D eigenvalue weighted by molar-refractivity contribution is 0.0342. The zero-order valence-corrected chi connectivity index (χ0v) is 18.0. The Balaban J connectivity index is 1.34. The van der Waals surface area contributed by atoms with E-state index in [1.807, 2.05) is 47.8 Å². The minimum atomic E-state index is -0.118. The van der Waals surface area contributed by atoms with Gasteiger partial charge in [-0.25, -0.2) is 0 Å². The van der Waals surface area contributed by atoms with Crippen LogP contribution in [0.25, 0.3) is 0 Å². The molecule has 3 aromatic rings. The summed E-state index contributed by atoms with van der Waals surface area (Å²) in [5.41, 5.74) is 2.91. The summed E-state index contributed by atoms with van der Waals surface area (Å²) in [6.45, 7) is 4.64. The van der Waals surface area contributed by atoms with Gasteiger partial charge in [-0.3, -0.25) is 9.69 Å². The van der Waals surface area contributed by atoms with E-state index in [0.717, 1.165) is 44.1 Å². The molecule has 1 amide bonds. The molecule has 2 aromatic carbocycles. The SMILES string of the molecule is O=C(Nc1cccc(CN2CCOCC2)c1)c1cc(COc2ccccc2Cl)cs1. The quantitative estimate of drug-likeness (QED) is 0.555. The summed E-state index contributed by atoms with van der Waals surface area (Å²) < 4.78 is 11.2. The Morgan fingerprint density at radius 2 is 1.93 bits per heavy atom. The lowest BCUT2D eigenvalue weighted by Crippen LogP contribution is -2.35. The third-order valence-electron chi connectivity index (χ3n) is 4.80. The van der Waals surface area contributed by atoms with Crippen molar-refractivity contribution < 1.29 is 14.3 Å². The molecule has 1 saturated heterocycles. The third-order valence-corrected chi connectivity index (χ3v) is 6.09. The number of rotatable bonds is 7. The molecule has 4 rings (SSSR count). The van der Waals surface area contributed by atoms with Crippen LogP contribution in [-0.2, 0) is 17.9 Å². The van der Waals surface area contributed by atoms with Gasteiger partial charge in [0.1, 0.15) is 12.4 Å². The molecule has 0 atom stereocenters. The number of benzene rings is 2. The molecule has 7 heteroatoms. The van der Waals surface area contributed by atoms with Gasteiger partial charge in [0.15, 0.2) is 0 Å². The summed E-state index contributed by atoms with van der Waals surface area (Å²) in [6.07, 6.45) is 0. The Hall–Kier alpha value is -2.38. The van der Waals surface area contributed by atoms with Crippen LogP contribution in [0.2, 0.25) is 5.02 Å². The Morgan fingerprint density at radius 3 is 2.77 bits per heavy atom. The van der Waals surface area contributed by atoms with Crippen LogP contribution in [0.3, 0.4) is 0 Å².